The minimum Gasteiger partial charge on any atom is -0.478 e. The minimum absolute atomic E-state index is 0.141. The molecule has 5 heteroatoms. The Balaban J connectivity index is 1.96. The Morgan fingerprint density at radius 1 is 1.56 bits per heavy atom. The summed E-state index contributed by atoms with van der Waals surface area (Å²) in [6.07, 6.45) is 2.06. The number of carboxylic acid groups (broad SMARTS) is 1. The van der Waals surface area contributed by atoms with Crippen molar-refractivity contribution < 1.29 is 14.6 Å². The zero-order valence-electron chi connectivity index (χ0n) is 9.99. The van der Waals surface area contributed by atoms with Crippen LogP contribution in [0.25, 0.3) is 0 Å². The molecule has 0 spiro atoms. The van der Waals surface area contributed by atoms with Crippen LogP contribution in [-0.2, 0) is 4.74 Å². The highest BCUT2D eigenvalue weighted by Gasteiger charge is 2.17. The number of hydrogen-bond donors (Lipinski definition) is 2. The lowest BCUT2D eigenvalue weighted by Crippen LogP contribution is -2.12. The zero-order valence-corrected chi connectivity index (χ0v) is 10.7. The fourth-order valence-electron chi connectivity index (χ4n) is 2.11. The van der Waals surface area contributed by atoms with Gasteiger partial charge in [0.2, 0.25) is 0 Å². The summed E-state index contributed by atoms with van der Waals surface area (Å²) in [6.45, 7) is 2.37. The van der Waals surface area contributed by atoms with Crippen LogP contribution in [0.4, 0.5) is 5.69 Å². The van der Waals surface area contributed by atoms with E-state index in [0.717, 1.165) is 32.6 Å². The van der Waals surface area contributed by atoms with Crippen LogP contribution in [-0.4, -0.2) is 30.8 Å². The number of ether oxygens (including phenoxy) is 1. The number of carbonyl (C=O) groups is 1. The molecular weight excluding hydrogens is 254 g/mol. The number of benzene rings is 1. The van der Waals surface area contributed by atoms with E-state index in [2.05, 4.69) is 5.32 Å². The molecule has 0 radical (unpaired) electrons. The Labute approximate surface area is 111 Å². The van der Waals surface area contributed by atoms with Gasteiger partial charge in [-0.3, -0.25) is 0 Å². The van der Waals surface area contributed by atoms with Gasteiger partial charge in [0, 0.05) is 19.8 Å². The minimum atomic E-state index is -1.01. The number of aromatic carboxylic acids is 1. The van der Waals surface area contributed by atoms with E-state index in [1.807, 2.05) is 0 Å². The second kappa shape index (κ2) is 6.07. The molecule has 1 heterocycles. The molecule has 0 aromatic heterocycles. The first-order chi connectivity index (χ1) is 8.68. The van der Waals surface area contributed by atoms with E-state index in [1.165, 1.54) is 0 Å². The van der Waals surface area contributed by atoms with Gasteiger partial charge >= 0.3 is 5.97 Å². The lowest BCUT2D eigenvalue weighted by Gasteiger charge is -2.12. The van der Waals surface area contributed by atoms with Crippen LogP contribution >= 0.6 is 11.6 Å². The van der Waals surface area contributed by atoms with Gasteiger partial charge in [-0.25, -0.2) is 4.79 Å². The van der Waals surface area contributed by atoms with E-state index in [-0.39, 0.29) is 10.6 Å². The first-order valence-corrected chi connectivity index (χ1v) is 6.39. The fraction of sp³-hybridized carbons (Fsp3) is 0.462. The van der Waals surface area contributed by atoms with Crippen LogP contribution in [0, 0.1) is 5.92 Å². The van der Waals surface area contributed by atoms with E-state index < -0.39 is 5.97 Å². The predicted octanol–water partition coefficient (Wildman–Crippen LogP) is 2.88. The van der Waals surface area contributed by atoms with Crippen molar-refractivity contribution in [1.29, 1.82) is 0 Å². The predicted molar refractivity (Wildman–Crippen MR) is 70.4 cm³/mol. The summed E-state index contributed by atoms with van der Waals surface area (Å²) < 4.78 is 5.30. The molecule has 4 nitrogen and oxygen atoms in total. The number of anilines is 1. The van der Waals surface area contributed by atoms with Gasteiger partial charge in [0.1, 0.15) is 5.56 Å². The average Bonchev–Trinajstić information content (AvgIpc) is 2.81. The lowest BCUT2D eigenvalue weighted by atomic mass is 10.1. The molecule has 0 bridgehead atoms. The molecule has 2 rings (SSSR count). The second-order valence-corrected chi connectivity index (χ2v) is 4.82. The summed E-state index contributed by atoms with van der Waals surface area (Å²) in [5.41, 5.74) is 0.718. The van der Waals surface area contributed by atoms with Gasteiger partial charge in [-0.2, -0.15) is 0 Å². The van der Waals surface area contributed by atoms with Crippen LogP contribution in [0.3, 0.4) is 0 Å². The molecule has 1 atom stereocenters. The highest BCUT2D eigenvalue weighted by Crippen LogP contribution is 2.25. The average molecular weight is 270 g/mol. The van der Waals surface area contributed by atoms with Gasteiger partial charge in [-0.05, 0) is 30.9 Å². The quantitative estimate of drug-likeness (QED) is 0.863. The van der Waals surface area contributed by atoms with Crippen molar-refractivity contribution in [2.45, 2.75) is 12.8 Å². The summed E-state index contributed by atoms with van der Waals surface area (Å²) in [6, 6.07) is 5.07. The third kappa shape index (κ3) is 3.15. The molecule has 1 aromatic rings. The summed E-state index contributed by atoms with van der Waals surface area (Å²) in [5.74, 6) is -0.433. The molecule has 1 aromatic carbocycles. The first-order valence-electron chi connectivity index (χ1n) is 6.02. The third-order valence-electron chi connectivity index (χ3n) is 3.12. The molecule has 0 saturated carbocycles. The highest BCUT2D eigenvalue weighted by molar-refractivity contribution is 6.34. The number of rotatable bonds is 5. The molecule has 2 N–H and O–H groups in total. The van der Waals surface area contributed by atoms with Gasteiger partial charge in [0.15, 0.2) is 0 Å². The maximum Gasteiger partial charge on any atom is 0.339 e. The Morgan fingerprint density at radius 2 is 2.39 bits per heavy atom. The lowest BCUT2D eigenvalue weighted by molar-refractivity contribution is 0.0698. The van der Waals surface area contributed by atoms with E-state index in [0.29, 0.717) is 11.6 Å². The van der Waals surface area contributed by atoms with Crippen molar-refractivity contribution in [2.24, 2.45) is 5.92 Å². The topological polar surface area (TPSA) is 58.6 Å². The van der Waals surface area contributed by atoms with Crippen LogP contribution < -0.4 is 5.32 Å². The van der Waals surface area contributed by atoms with Crippen molar-refractivity contribution in [1.82, 2.24) is 0 Å². The molecule has 1 fully saturated rings. The molecule has 1 aliphatic heterocycles. The molecule has 18 heavy (non-hydrogen) atoms. The Hall–Kier alpha value is -1.26. The smallest absolute Gasteiger partial charge is 0.339 e. The standard InChI is InChI=1S/C13H16ClNO3/c14-10-2-1-3-11(12(10)13(16)17)15-6-4-9-5-7-18-8-9/h1-3,9,15H,4-8H2,(H,16,17). The van der Waals surface area contributed by atoms with Crippen LogP contribution in [0.5, 0.6) is 0 Å². The van der Waals surface area contributed by atoms with Crippen molar-refractivity contribution in [2.75, 3.05) is 25.1 Å². The second-order valence-electron chi connectivity index (χ2n) is 4.41. The number of nitrogens with one attached hydrogen (secondary N) is 1. The number of halogens is 1. The van der Waals surface area contributed by atoms with Crippen LogP contribution in [0.15, 0.2) is 18.2 Å². The van der Waals surface area contributed by atoms with Gasteiger partial charge < -0.3 is 15.2 Å². The Bertz CT molecular complexity index is 430. The van der Waals surface area contributed by atoms with Crippen molar-refractivity contribution in [3.05, 3.63) is 28.8 Å². The summed E-state index contributed by atoms with van der Waals surface area (Å²) >= 11 is 5.89. The first kappa shape index (κ1) is 13.2. The van der Waals surface area contributed by atoms with Gasteiger partial charge in [0.05, 0.1) is 10.7 Å². The van der Waals surface area contributed by atoms with E-state index in [4.69, 9.17) is 21.4 Å². The van der Waals surface area contributed by atoms with Crippen LogP contribution in [0.1, 0.15) is 23.2 Å². The van der Waals surface area contributed by atoms with Crippen molar-refractivity contribution in [3.8, 4) is 0 Å². The summed E-state index contributed by atoms with van der Waals surface area (Å²) in [4.78, 5) is 11.1. The molecule has 0 aliphatic carbocycles. The summed E-state index contributed by atoms with van der Waals surface area (Å²) in [5, 5.41) is 12.5. The molecule has 1 saturated heterocycles. The van der Waals surface area contributed by atoms with Crippen LogP contribution in [0.2, 0.25) is 5.02 Å². The molecular formula is C13H16ClNO3. The monoisotopic (exact) mass is 269 g/mol. The number of carboxylic acids is 1. The van der Waals surface area contributed by atoms with Gasteiger partial charge in [-0.15, -0.1) is 0 Å². The van der Waals surface area contributed by atoms with Gasteiger partial charge in [-0.1, -0.05) is 17.7 Å². The van der Waals surface area contributed by atoms with Gasteiger partial charge in [0.25, 0.3) is 0 Å². The molecule has 1 aliphatic rings. The number of hydrogen-bond acceptors (Lipinski definition) is 3. The largest absolute Gasteiger partial charge is 0.478 e. The van der Waals surface area contributed by atoms with E-state index >= 15 is 0 Å². The molecule has 0 amide bonds. The maximum atomic E-state index is 11.1. The third-order valence-corrected chi connectivity index (χ3v) is 3.43. The zero-order chi connectivity index (χ0) is 13.0. The van der Waals surface area contributed by atoms with E-state index in [9.17, 15) is 4.79 Å². The van der Waals surface area contributed by atoms with Crippen molar-refractivity contribution in [3.63, 3.8) is 0 Å². The fourth-order valence-corrected chi connectivity index (χ4v) is 2.37. The van der Waals surface area contributed by atoms with Crippen molar-refractivity contribution >= 4 is 23.3 Å². The van der Waals surface area contributed by atoms with E-state index in [1.54, 1.807) is 18.2 Å². The summed E-state index contributed by atoms with van der Waals surface area (Å²) in [7, 11) is 0. The normalized spacial score (nSPS) is 18.8. The molecule has 1 unspecified atom stereocenters. The Kier molecular flexibility index (Phi) is 4.44. The maximum absolute atomic E-state index is 11.1. The highest BCUT2D eigenvalue weighted by atomic mass is 35.5. The SMILES string of the molecule is O=C(O)c1c(Cl)cccc1NCCC1CCOC1. The Morgan fingerprint density at radius 3 is 3.06 bits per heavy atom. The molecule has 98 valence electrons.